The minimum absolute atomic E-state index is 0.0975. The first kappa shape index (κ1) is 19.1. The SMILES string of the molecule is CC(C)C(CS)C(=O)N[C@@H](Cc1ccc(-n2cccn2)cc1)C(=O)O. The van der Waals surface area contributed by atoms with E-state index in [1.807, 2.05) is 50.4 Å². The molecule has 25 heavy (non-hydrogen) atoms. The van der Waals surface area contributed by atoms with Crippen molar-refractivity contribution in [2.75, 3.05) is 5.75 Å². The van der Waals surface area contributed by atoms with E-state index >= 15 is 0 Å². The minimum Gasteiger partial charge on any atom is -0.480 e. The highest BCUT2D eigenvalue weighted by Gasteiger charge is 2.26. The summed E-state index contributed by atoms with van der Waals surface area (Å²) in [6.07, 6.45) is 3.74. The highest BCUT2D eigenvalue weighted by Crippen LogP contribution is 2.14. The second kappa shape index (κ2) is 8.71. The van der Waals surface area contributed by atoms with Gasteiger partial charge in [-0.25, -0.2) is 9.48 Å². The van der Waals surface area contributed by atoms with Gasteiger partial charge in [-0.2, -0.15) is 17.7 Å². The molecule has 2 N–H and O–H groups in total. The van der Waals surface area contributed by atoms with Crippen LogP contribution in [0.2, 0.25) is 0 Å². The third kappa shape index (κ3) is 5.09. The topological polar surface area (TPSA) is 84.2 Å². The Morgan fingerprint density at radius 2 is 1.96 bits per heavy atom. The van der Waals surface area contributed by atoms with Gasteiger partial charge in [-0.15, -0.1) is 0 Å². The van der Waals surface area contributed by atoms with Gasteiger partial charge in [0.1, 0.15) is 6.04 Å². The van der Waals surface area contributed by atoms with Crippen LogP contribution in [0.5, 0.6) is 0 Å². The number of hydrogen-bond donors (Lipinski definition) is 3. The average Bonchev–Trinajstić information content (AvgIpc) is 3.09. The molecule has 1 unspecified atom stereocenters. The van der Waals surface area contributed by atoms with Gasteiger partial charge >= 0.3 is 5.97 Å². The summed E-state index contributed by atoms with van der Waals surface area (Å²) in [5, 5.41) is 16.2. The Morgan fingerprint density at radius 3 is 2.44 bits per heavy atom. The van der Waals surface area contributed by atoms with Crippen molar-refractivity contribution < 1.29 is 14.7 Å². The van der Waals surface area contributed by atoms with Gasteiger partial charge in [-0.3, -0.25) is 4.79 Å². The summed E-state index contributed by atoms with van der Waals surface area (Å²) in [4.78, 5) is 23.8. The molecule has 0 radical (unpaired) electrons. The van der Waals surface area contributed by atoms with Crippen molar-refractivity contribution in [1.29, 1.82) is 0 Å². The summed E-state index contributed by atoms with van der Waals surface area (Å²) in [5.41, 5.74) is 1.72. The van der Waals surface area contributed by atoms with Crippen LogP contribution < -0.4 is 5.32 Å². The van der Waals surface area contributed by atoms with Crippen LogP contribution in [0.3, 0.4) is 0 Å². The zero-order valence-corrected chi connectivity index (χ0v) is 15.2. The number of amides is 1. The summed E-state index contributed by atoms with van der Waals surface area (Å²) in [6.45, 7) is 3.84. The van der Waals surface area contributed by atoms with E-state index in [0.717, 1.165) is 11.3 Å². The Morgan fingerprint density at radius 1 is 1.28 bits per heavy atom. The fourth-order valence-corrected chi connectivity index (χ4v) is 3.10. The lowest BCUT2D eigenvalue weighted by molar-refractivity contribution is -0.142. The Labute approximate surface area is 152 Å². The van der Waals surface area contributed by atoms with Crippen LogP contribution in [0.4, 0.5) is 0 Å². The molecule has 0 bridgehead atoms. The second-order valence-corrected chi connectivity index (χ2v) is 6.62. The normalized spacial score (nSPS) is 13.4. The first-order valence-electron chi connectivity index (χ1n) is 8.15. The first-order valence-corrected chi connectivity index (χ1v) is 8.78. The van der Waals surface area contributed by atoms with Crippen LogP contribution in [0.1, 0.15) is 19.4 Å². The number of benzene rings is 1. The number of carboxylic acids is 1. The standard InChI is InChI=1S/C18H23N3O3S/c1-12(2)15(11-25)17(22)20-16(18(23)24)10-13-4-6-14(7-5-13)21-9-3-8-19-21/h3-9,12,15-16,25H,10-11H2,1-2H3,(H,20,22)(H,23,24)/t15?,16-/m0/s1. The molecule has 2 atom stereocenters. The molecule has 0 fully saturated rings. The number of carbonyl (C=O) groups excluding carboxylic acids is 1. The fraction of sp³-hybridized carbons (Fsp3) is 0.389. The van der Waals surface area contributed by atoms with Crippen LogP contribution in [-0.2, 0) is 16.0 Å². The second-order valence-electron chi connectivity index (χ2n) is 6.25. The number of rotatable bonds is 8. The number of hydrogen-bond acceptors (Lipinski definition) is 4. The number of thiol groups is 1. The number of carboxylic acid groups (broad SMARTS) is 1. The van der Waals surface area contributed by atoms with Crippen LogP contribution >= 0.6 is 12.6 Å². The number of carbonyl (C=O) groups is 2. The molecule has 7 heteroatoms. The molecule has 1 aromatic carbocycles. The van der Waals surface area contributed by atoms with E-state index in [9.17, 15) is 14.7 Å². The highest BCUT2D eigenvalue weighted by atomic mass is 32.1. The molecule has 0 aliphatic rings. The Balaban J connectivity index is 2.06. The van der Waals surface area contributed by atoms with Gasteiger partial charge in [0.2, 0.25) is 5.91 Å². The Bertz CT molecular complexity index is 699. The lowest BCUT2D eigenvalue weighted by atomic mass is 9.96. The molecule has 1 amide bonds. The lowest BCUT2D eigenvalue weighted by Crippen LogP contribution is -2.46. The molecule has 0 aliphatic heterocycles. The largest absolute Gasteiger partial charge is 0.480 e. The smallest absolute Gasteiger partial charge is 0.326 e. The fourth-order valence-electron chi connectivity index (χ4n) is 2.52. The zero-order valence-electron chi connectivity index (χ0n) is 14.3. The molecule has 2 rings (SSSR count). The predicted molar refractivity (Wildman–Crippen MR) is 99.0 cm³/mol. The molecule has 0 saturated heterocycles. The maximum atomic E-state index is 12.3. The third-order valence-corrected chi connectivity index (χ3v) is 4.49. The molecule has 1 aromatic heterocycles. The molecule has 134 valence electrons. The summed E-state index contributed by atoms with van der Waals surface area (Å²) < 4.78 is 1.72. The van der Waals surface area contributed by atoms with Crippen LogP contribution in [-0.4, -0.2) is 38.6 Å². The summed E-state index contributed by atoms with van der Waals surface area (Å²) >= 11 is 4.19. The molecule has 0 aliphatic carbocycles. The maximum Gasteiger partial charge on any atom is 0.326 e. The summed E-state index contributed by atoms with van der Waals surface area (Å²) in [5.74, 6) is -1.15. The number of nitrogens with one attached hydrogen (secondary N) is 1. The molecule has 1 heterocycles. The molecule has 0 saturated carbocycles. The van der Waals surface area contributed by atoms with Crippen molar-refractivity contribution in [3.05, 3.63) is 48.3 Å². The van der Waals surface area contributed by atoms with E-state index in [0.29, 0.717) is 5.75 Å². The van der Waals surface area contributed by atoms with Crippen molar-refractivity contribution in [1.82, 2.24) is 15.1 Å². The predicted octanol–water partition coefficient (Wildman–Crippen LogP) is 2.19. The van der Waals surface area contributed by atoms with Crippen molar-refractivity contribution in [2.24, 2.45) is 11.8 Å². The van der Waals surface area contributed by atoms with Gasteiger partial charge in [0.05, 0.1) is 5.69 Å². The van der Waals surface area contributed by atoms with E-state index in [1.54, 1.807) is 10.9 Å². The van der Waals surface area contributed by atoms with Gasteiger partial charge in [-0.05, 0) is 29.7 Å². The zero-order chi connectivity index (χ0) is 18.4. The van der Waals surface area contributed by atoms with Gasteiger partial charge in [0.25, 0.3) is 0 Å². The quantitative estimate of drug-likeness (QED) is 0.629. The molecule has 6 nitrogen and oxygen atoms in total. The van der Waals surface area contributed by atoms with Gasteiger partial charge in [-0.1, -0.05) is 26.0 Å². The van der Waals surface area contributed by atoms with Crippen LogP contribution in [0, 0.1) is 11.8 Å². The minimum atomic E-state index is -1.05. The van der Waals surface area contributed by atoms with Gasteiger partial charge in [0, 0.05) is 30.5 Å². The van der Waals surface area contributed by atoms with E-state index < -0.39 is 12.0 Å². The lowest BCUT2D eigenvalue weighted by Gasteiger charge is -2.21. The molecular formula is C18H23N3O3S. The highest BCUT2D eigenvalue weighted by molar-refractivity contribution is 7.80. The molecule has 0 spiro atoms. The van der Waals surface area contributed by atoms with Gasteiger partial charge < -0.3 is 10.4 Å². The molecule has 2 aromatic rings. The van der Waals surface area contributed by atoms with Crippen LogP contribution in [0.15, 0.2) is 42.7 Å². The average molecular weight is 361 g/mol. The monoisotopic (exact) mass is 361 g/mol. The van der Waals surface area contributed by atoms with Crippen molar-refractivity contribution >= 4 is 24.5 Å². The number of nitrogens with zero attached hydrogens (tertiary/aromatic N) is 2. The molecular weight excluding hydrogens is 338 g/mol. The van der Waals surface area contributed by atoms with Crippen molar-refractivity contribution in [2.45, 2.75) is 26.3 Å². The first-order chi connectivity index (χ1) is 11.9. The van der Waals surface area contributed by atoms with E-state index in [4.69, 9.17) is 0 Å². The van der Waals surface area contributed by atoms with Crippen molar-refractivity contribution in [3.63, 3.8) is 0 Å². The third-order valence-electron chi connectivity index (χ3n) is 4.10. The van der Waals surface area contributed by atoms with Crippen molar-refractivity contribution in [3.8, 4) is 5.69 Å². The Hall–Kier alpha value is -2.28. The number of aliphatic carboxylic acids is 1. The van der Waals surface area contributed by atoms with E-state index in [-0.39, 0.29) is 24.2 Å². The van der Waals surface area contributed by atoms with E-state index in [1.165, 1.54) is 0 Å². The maximum absolute atomic E-state index is 12.3. The number of aromatic nitrogens is 2. The van der Waals surface area contributed by atoms with Crippen LogP contribution in [0.25, 0.3) is 5.69 Å². The van der Waals surface area contributed by atoms with E-state index in [2.05, 4.69) is 23.0 Å². The Kier molecular flexibility index (Phi) is 6.64. The summed E-state index contributed by atoms with van der Waals surface area (Å²) in [7, 11) is 0. The summed E-state index contributed by atoms with van der Waals surface area (Å²) in [6, 6.07) is 8.29. The van der Waals surface area contributed by atoms with Gasteiger partial charge in [0.15, 0.2) is 0 Å².